The first-order valence-corrected chi connectivity index (χ1v) is 8.56. The van der Waals surface area contributed by atoms with Crippen molar-refractivity contribution in [2.24, 2.45) is 7.05 Å². The van der Waals surface area contributed by atoms with Crippen LogP contribution in [0.15, 0.2) is 57.8 Å². The van der Waals surface area contributed by atoms with E-state index in [-0.39, 0.29) is 11.6 Å². The predicted octanol–water partition coefficient (Wildman–Crippen LogP) is 3.50. The summed E-state index contributed by atoms with van der Waals surface area (Å²) in [5.74, 6) is -1.03. The molecule has 1 atom stereocenters. The van der Waals surface area contributed by atoms with E-state index in [0.717, 1.165) is 10.0 Å². The van der Waals surface area contributed by atoms with Crippen LogP contribution in [0.5, 0.6) is 5.75 Å². The molecule has 6 heteroatoms. The maximum atomic E-state index is 12.8. The number of amides is 1. The van der Waals surface area contributed by atoms with E-state index >= 15 is 0 Å². The molecule has 0 radical (unpaired) electrons. The highest BCUT2D eigenvalue weighted by Crippen LogP contribution is 2.25. The predicted molar refractivity (Wildman–Crippen MR) is 101 cm³/mol. The summed E-state index contributed by atoms with van der Waals surface area (Å²) in [6.45, 7) is 1.85. The highest BCUT2D eigenvalue weighted by atomic mass is 79.9. The Morgan fingerprint density at radius 3 is 2.64 bits per heavy atom. The van der Waals surface area contributed by atoms with Gasteiger partial charge >= 0.3 is 0 Å². The molecule has 0 aliphatic heterocycles. The number of fused-ring (bicyclic) bond motifs is 1. The zero-order valence-corrected chi connectivity index (χ0v) is 15.4. The van der Waals surface area contributed by atoms with E-state index in [1.54, 1.807) is 31.3 Å². The van der Waals surface area contributed by atoms with Crippen molar-refractivity contribution in [3.63, 3.8) is 0 Å². The molecule has 2 aromatic carbocycles. The van der Waals surface area contributed by atoms with E-state index < -0.39 is 17.2 Å². The fourth-order valence-corrected chi connectivity index (χ4v) is 3.26. The summed E-state index contributed by atoms with van der Waals surface area (Å²) in [5, 5.41) is 13.7. The average Bonchev–Trinajstić information content (AvgIpc) is 2.60. The number of aromatic nitrogens is 1. The van der Waals surface area contributed by atoms with Crippen LogP contribution in [0.1, 0.15) is 28.9 Å². The lowest BCUT2D eigenvalue weighted by atomic mass is 10.0. The number of halogens is 1. The van der Waals surface area contributed by atoms with Gasteiger partial charge in [0, 0.05) is 16.9 Å². The molecule has 5 nitrogen and oxygen atoms in total. The van der Waals surface area contributed by atoms with E-state index in [4.69, 9.17) is 0 Å². The fourth-order valence-electron chi connectivity index (χ4n) is 2.84. The summed E-state index contributed by atoms with van der Waals surface area (Å²) >= 11 is 3.41. The van der Waals surface area contributed by atoms with Crippen LogP contribution in [0.4, 0.5) is 0 Å². The van der Waals surface area contributed by atoms with Crippen molar-refractivity contribution in [1.82, 2.24) is 9.88 Å². The van der Waals surface area contributed by atoms with Gasteiger partial charge in [0.05, 0.1) is 17.1 Å². The molecule has 128 valence electrons. The zero-order chi connectivity index (χ0) is 18.1. The summed E-state index contributed by atoms with van der Waals surface area (Å²) in [7, 11) is 1.57. The van der Waals surface area contributed by atoms with E-state index in [2.05, 4.69) is 21.2 Å². The summed E-state index contributed by atoms with van der Waals surface area (Å²) in [4.78, 5) is 25.0. The molecule has 0 spiro atoms. The number of nitrogens with zero attached hydrogens (tertiary/aromatic N) is 1. The Kier molecular flexibility index (Phi) is 4.63. The molecule has 0 aliphatic rings. The topological polar surface area (TPSA) is 71.3 Å². The summed E-state index contributed by atoms with van der Waals surface area (Å²) < 4.78 is 2.24. The van der Waals surface area contributed by atoms with Gasteiger partial charge in [-0.3, -0.25) is 9.59 Å². The molecule has 0 aliphatic carbocycles. The Morgan fingerprint density at radius 1 is 1.20 bits per heavy atom. The van der Waals surface area contributed by atoms with E-state index in [1.807, 2.05) is 31.2 Å². The van der Waals surface area contributed by atoms with Crippen molar-refractivity contribution in [2.45, 2.75) is 13.0 Å². The van der Waals surface area contributed by atoms with Gasteiger partial charge in [-0.2, -0.15) is 0 Å². The number of nitrogens with one attached hydrogen (secondary N) is 1. The second-order valence-electron chi connectivity index (χ2n) is 5.86. The Labute approximate surface area is 153 Å². The van der Waals surface area contributed by atoms with E-state index in [0.29, 0.717) is 10.9 Å². The molecule has 0 unspecified atom stereocenters. The minimum atomic E-state index is -0.598. The molecular formula is C19H17BrN2O3. The van der Waals surface area contributed by atoms with E-state index in [9.17, 15) is 14.7 Å². The Bertz CT molecular complexity index is 1030. The van der Waals surface area contributed by atoms with Crippen LogP contribution >= 0.6 is 15.9 Å². The average molecular weight is 401 g/mol. The molecule has 0 bridgehead atoms. The first-order valence-electron chi connectivity index (χ1n) is 7.77. The summed E-state index contributed by atoms with van der Waals surface area (Å²) in [6, 6.07) is 14.3. The Balaban J connectivity index is 2.04. The van der Waals surface area contributed by atoms with Gasteiger partial charge in [0.2, 0.25) is 0 Å². The van der Waals surface area contributed by atoms with Crippen molar-refractivity contribution >= 4 is 32.7 Å². The van der Waals surface area contributed by atoms with Gasteiger partial charge in [0.15, 0.2) is 5.75 Å². The van der Waals surface area contributed by atoms with Gasteiger partial charge in [-0.25, -0.2) is 0 Å². The molecule has 3 aromatic rings. The number of carbonyl (C=O) groups is 1. The second-order valence-corrected chi connectivity index (χ2v) is 6.77. The third-order valence-electron chi connectivity index (χ3n) is 4.20. The largest absolute Gasteiger partial charge is 0.502 e. The Hall–Kier alpha value is -2.60. The quantitative estimate of drug-likeness (QED) is 0.706. The number of rotatable bonds is 3. The lowest BCUT2D eigenvalue weighted by Crippen LogP contribution is -2.29. The maximum Gasteiger partial charge on any atom is 0.293 e. The van der Waals surface area contributed by atoms with Crippen LogP contribution in [-0.2, 0) is 7.05 Å². The van der Waals surface area contributed by atoms with Crippen LogP contribution in [0.25, 0.3) is 10.9 Å². The first-order chi connectivity index (χ1) is 11.9. The fraction of sp³-hybridized carbons (Fsp3) is 0.158. The zero-order valence-electron chi connectivity index (χ0n) is 13.8. The third kappa shape index (κ3) is 3.17. The molecule has 1 aromatic heterocycles. The molecule has 1 amide bonds. The molecule has 1 heterocycles. The lowest BCUT2D eigenvalue weighted by Gasteiger charge is -2.17. The lowest BCUT2D eigenvalue weighted by molar-refractivity contribution is 0.0938. The van der Waals surface area contributed by atoms with E-state index in [1.165, 1.54) is 4.57 Å². The van der Waals surface area contributed by atoms with Crippen LogP contribution in [0, 0.1) is 0 Å². The molecule has 3 rings (SSSR count). The Morgan fingerprint density at radius 2 is 1.92 bits per heavy atom. The van der Waals surface area contributed by atoms with Crippen molar-refractivity contribution in [1.29, 1.82) is 0 Å². The van der Waals surface area contributed by atoms with Gasteiger partial charge in [-0.1, -0.05) is 46.3 Å². The number of para-hydroxylation sites is 1. The molecule has 2 N–H and O–H groups in total. The number of carbonyl (C=O) groups excluding carboxylic acids is 1. The molecule has 0 saturated heterocycles. The molecular weight excluding hydrogens is 384 g/mol. The smallest absolute Gasteiger partial charge is 0.293 e. The standard InChI is InChI=1S/C19H17BrN2O3/c1-11(12-6-5-7-13(20)10-12)21-18(24)16-14-8-3-4-9-15(14)22(2)19(25)17(16)23/h3-11,23H,1-2H3,(H,21,24)/t11-/m1/s1. The number of hydrogen-bond acceptors (Lipinski definition) is 3. The number of aryl methyl sites for hydroxylation is 1. The van der Waals surface area contributed by atoms with Gasteiger partial charge in [-0.05, 0) is 30.7 Å². The highest BCUT2D eigenvalue weighted by molar-refractivity contribution is 9.10. The van der Waals surface area contributed by atoms with Crippen LogP contribution < -0.4 is 10.9 Å². The van der Waals surface area contributed by atoms with Crippen molar-refractivity contribution < 1.29 is 9.90 Å². The third-order valence-corrected chi connectivity index (χ3v) is 4.70. The van der Waals surface area contributed by atoms with Crippen LogP contribution in [-0.4, -0.2) is 15.6 Å². The molecule has 0 saturated carbocycles. The maximum absolute atomic E-state index is 12.8. The van der Waals surface area contributed by atoms with Crippen LogP contribution in [0.3, 0.4) is 0 Å². The highest BCUT2D eigenvalue weighted by Gasteiger charge is 2.22. The normalized spacial score (nSPS) is 12.1. The number of pyridine rings is 1. The first kappa shape index (κ1) is 17.2. The van der Waals surface area contributed by atoms with Crippen molar-refractivity contribution in [3.8, 4) is 5.75 Å². The van der Waals surface area contributed by atoms with Gasteiger partial charge in [0.25, 0.3) is 11.5 Å². The minimum absolute atomic E-state index is 0.000506. The molecule has 25 heavy (non-hydrogen) atoms. The minimum Gasteiger partial charge on any atom is -0.502 e. The second kappa shape index (κ2) is 6.72. The summed E-state index contributed by atoms with van der Waals surface area (Å²) in [6.07, 6.45) is 0. The number of benzene rings is 2. The molecule has 0 fully saturated rings. The number of aromatic hydroxyl groups is 1. The van der Waals surface area contributed by atoms with Gasteiger partial charge < -0.3 is 15.0 Å². The SMILES string of the molecule is C[C@@H](NC(=O)c1c(O)c(=O)n(C)c2ccccc12)c1cccc(Br)c1. The summed E-state index contributed by atoms with van der Waals surface area (Å²) in [5.41, 5.74) is 0.903. The van der Waals surface area contributed by atoms with Gasteiger partial charge in [0.1, 0.15) is 0 Å². The van der Waals surface area contributed by atoms with Crippen LogP contribution in [0.2, 0.25) is 0 Å². The van der Waals surface area contributed by atoms with Crippen molar-refractivity contribution in [2.75, 3.05) is 0 Å². The van der Waals surface area contributed by atoms with Crippen molar-refractivity contribution in [3.05, 3.63) is 74.5 Å². The van der Waals surface area contributed by atoms with Gasteiger partial charge in [-0.15, -0.1) is 0 Å². The monoisotopic (exact) mass is 400 g/mol. The number of hydrogen-bond donors (Lipinski definition) is 2.